The van der Waals surface area contributed by atoms with Crippen LogP contribution in [0.2, 0.25) is 0 Å². The molecule has 1 saturated heterocycles. The van der Waals surface area contributed by atoms with E-state index in [1.165, 1.54) is 24.3 Å². The van der Waals surface area contributed by atoms with Gasteiger partial charge in [0.2, 0.25) is 0 Å². The van der Waals surface area contributed by atoms with Crippen molar-refractivity contribution in [3.8, 4) is 0 Å². The Bertz CT molecular complexity index is 858. The predicted octanol–water partition coefficient (Wildman–Crippen LogP) is 2.27. The Hall–Kier alpha value is -2.87. The average Bonchev–Trinajstić information content (AvgIpc) is 2.66. The Morgan fingerprint density at radius 1 is 1.00 bits per heavy atom. The van der Waals surface area contributed by atoms with E-state index in [0.717, 1.165) is 42.4 Å². The van der Waals surface area contributed by atoms with Crippen LogP contribution in [0.25, 0.3) is 0 Å². The highest BCUT2D eigenvalue weighted by Crippen LogP contribution is 2.16. The number of hydrogen-bond acceptors (Lipinski definition) is 6. The van der Waals surface area contributed by atoms with E-state index in [9.17, 15) is 14.9 Å². The van der Waals surface area contributed by atoms with Crippen LogP contribution in [-0.2, 0) is 6.54 Å². The molecule has 0 atom stereocenters. The van der Waals surface area contributed by atoms with Crippen molar-refractivity contribution in [1.29, 1.82) is 0 Å². The van der Waals surface area contributed by atoms with Gasteiger partial charge in [0.1, 0.15) is 0 Å². The summed E-state index contributed by atoms with van der Waals surface area (Å²) in [6.45, 7) is 9.37. The van der Waals surface area contributed by atoms with Crippen molar-refractivity contribution in [2.75, 3.05) is 26.2 Å². The van der Waals surface area contributed by atoms with E-state index in [0.29, 0.717) is 18.7 Å². The van der Waals surface area contributed by atoms with Crippen molar-refractivity contribution in [2.24, 2.45) is 0 Å². The highest BCUT2D eigenvalue weighted by Gasteiger charge is 2.23. The summed E-state index contributed by atoms with van der Waals surface area (Å²) in [5, 5.41) is 10.7. The number of nitrogens with zero attached hydrogens (tertiary/aromatic N) is 5. The fourth-order valence-electron chi connectivity index (χ4n) is 3.14. The molecule has 8 heteroatoms. The molecule has 0 bridgehead atoms. The number of hydrogen-bond donors (Lipinski definition) is 0. The van der Waals surface area contributed by atoms with Crippen LogP contribution in [0.15, 0.2) is 24.3 Å². The molecule has 27 heavy (non-hydrogen) atoms. The molecule has 0 aliphatic carbocycles. The van der Waals surface area contributed by atoms with Crippen molar-refractivity contribution < 1.29 is 9.72 Å². The molecule has 1 aromatic heterocycles. The van der Waals surface area contributed by atoms with Crippen LogP contribution in [0, 0.1) is 30.9 Å². The van der Waals surface area contributed by atoms with Gasteiger partial charge in [-0.3, -0.25) is 29.8 Å². The number of nitro benzene ring substituents is 1. The zero-order valence-corrected chi connectivity index (χ0v) is 15.8. The molecular formula is C19H23N5O3. The van der Waals surface area contributed by atoms with Crippen LogP contribution in [0.1, 0.15) is 33.1 Å². The minimum absolute atomic E-state index is 0.0127. The normalized spacial score (nSPS) is 15.0. The Balaban J connectivity index is 1.59. The topological polar surface area (TPSA) is 92.5 Å². The standard InChI is InChI=1S/C19H23N5O3/c1-13-14(2)21-18(15(3)20-13)12-22-8-10-23(11-9-22)19(25)16-4-6-17(7-5-16)24(26)27/h4-7H,8-12H2,1-3H3. The van der Waals surface area contributed by atoms with E-state index < -0.39 is 4.92 Å². The lowest BCUT2D eigenvalue weighted by atomic mass is 10.1. The maximum atomic E-state index is 12.6. The largest absolute Gasteiger partial charge is 0.336 e. The summed E-state index contributed by atoms with van der Waals surface area (Å²) >= 11 is 0. The lowest BCUT2D eigenvalue weighted by Crippen LogP contribution is -2.48. The summed E-state index contributed by atoms with van der Waals surface area (Å²) in [5.74, 6) is -0.0910. The molecule has 3 rings (SSSR count). The van der Waals surface area contributed by atoms with Crippen molar-refractivity contribution >= 4 is 11.6 Å². The number of piperazine rings is 1. The molecule has 1 aliphatic heterocycles. The molecule has 0 N–H and O–H groups in total. The van der Waals surface area contributed by atoms with Gasteiger partial charge in [-0.25, -0.2) is 0 Å². The Labute approximate surface area is 158 Å². The van der Waals surface area contributed by atoms with Gasteiger partial charge in [0.05, 0.1) is 27.7 Å². The monoisotopic (exact) mass is 369 g/mol. The minimum atomic E-state index is -0.468. The number of amides is 1. The number of aryl methyl sites for hydroxylation is 3. The van der Waals surface area contributed by atoms with Crippen molar-refractivity contribution in [3.63, 3.8) is 0 Å². The fourth-order valence-corrected chi connectivity index (χ4v) is 3.14. The van der Waals surface area contributed by atoms with E-state index in [1.807, 2.05) is 20.8 Å². The highest BCUT2D eigenvalue weighted by atomic mass is 16.6. The lowest BCUT2D eigenvalue weighted by molar-refractivity contribution is -0.384. The molecule has 142 valence electrons. The third-order valence-electron chi connectivity index (χ3n) is 4.94. The molecule has 1 amide bonds. The molecule has 2 aromatic rings. The number of nitro groups is 1. The maximum absolute atomic E-state index is 12.6. The van der Waals surface area contributed by atoms with Crippen LogP contribution in [0.3, 0.4) is 0 Å². The fraction of sp³-hybridized carbons (Fsp3) is 0.421. The van der Waals surface area contributed by atoms with E-state index in [2.05, 4.69) is 14.9 Å². The Morgan fingerprint density at radius 3 is 2.19 bits per heavy atom. The van der Waals surface area contributed by atoms with Crippen LogP contribution in [-0.4, -0.2) is 56.8 Å². The molecule has 1 aromatic carbocycles. The van der Waals surface area contributed by atoms with Crippen molar-refractivity contribution in [2.45, 2.75) is 27.3 Å². The smallest absolute Gasteiger partial charge is 0.269 e. The zero-order chi connectivity index (χ0) is 19.6. The van der Waals surface area contributed by atoms with Gasteiger partial charge < -0.3 is 4.90 Å². The van der Waals surface area contributed by atoms with Crippen molar-refractivity contribution in [3.05, 3.63) is 62.7 Å². The van der Waals surface area contributed by atoms with Crippen molar-refractivity contribution in [1.82, 2.24) is 19.8 Å². The van der Waals surface area contributed by atoms with Gasteiger partial charge in [0.25, 0.3) is 11.6 Å². The van der Waals surface area contributed by atoms with Crippen LogP contribution < -0.4 is 0 Å². The SMILES string of the molecule is Cc1nc(C)c(CN2CCN(C(=O)c3ccc([N+](=O)[O-])cc3)CC2)nc1C. The first-order valence-corrected chi connectivity index (χ1v) is 8.92. The van der Waals surface area contributed by atoms with Gasteiger partial charge in [0, 0.05) is 50.4 Å². The number of benzene rings is 1. The predicted molar refractivity (Wildman–Crippen MR) is 101 cm³/mol. The number of rotatable bonds is 4. The van der Waals surface area contributed by atoms with E-state index in [1.54, 1.807) is 4.90 Å². The number of carbonyl (C=O) groups is 1. The maximum Gasteiger partial charge on any atom is 0.269 e. The highest BCUT2D eigenvalue weighted by molar-refractivity contribution is 5.94. The molecule has 1 aliphatic rings. The molecule has 0 radical (unpaired) electrons. The number of aromatic nitrogens is 2. The number of non-ortho nitro benzene ring substituents is 1. The molecule has 2 heterocycles. The number of carbonyl (C=O) groups excluding carboxylic acids is 1. The van der Waals surface area contributed by atoms with Crippen LogP contribution in [0.5, 0.6) is 0 Å². The first kappa shape index (κ1) is 18.9. The quantitative estimate of drug-likeness (QED) is 0.606. The second kappa shape index (κ2) is 7.79. The Kier molecular flexibility index (Phi) is 5.46. The third kappa shape index (κ3) is 4.28. The van der Waals surface area contributed by atoms with Crippen LogP contribution >= 0.6 is 0 Å². The molecule has 0 saturated carbocycles. The first-order chi connectivity index (χ1) is 12.8. The summed E-state index contributed by atoms with van der Waals surface area (Å²) in [6.07, 6.45) is 0. The summed E-state index contributed by atoms with van der Waals surface area (Å²) in [4.78, 5) is 36.1. The minimum Gasteiger partial charge on any atom is -0.336 e. The molecule has 1 fully saturated rings. The van der Waals surface area contributed by atoms with Gasteiger partial charge in [0.15, 0.2) is 0 Å². The van der Waals surface area contributed by atoms with Gasteiger partial charge in [-0.1, -0.05) is 0 Å². The van der Waals surface area contributed by atoms with Crippen LogP contribution in [0.4, 0.5) is 5.69 Å². The summed E-state index contributed by atoms with van der Waals surface area (Å²) in [6, 6.07) is 5.76. The average molecular weight is 369 g/mol. The van der Waals surface area contributed by atoms with E-state index in [4.69, 9.17) is 0 Å². The zero-order valence-electron chi connectivity index (χ0n) is 15.8. The molecule has 8 nitrogen and oxygen atoms in total. The first-order valence-electron chi connectivity index (χ1n) is 8.92. The third-order valence-corrected chi connectivity index (χ3v) is 4.94. The second-order valence-electron chi connectivity index (χ2n) is 6.80. The van der Waals surface area contributed by atoms with Gasteiger partial charge in [-0.05, 0) is 32.9 Å². The molecular weight excluding hydrogens is 346 g/mol. The molecule has 0 spiro atoms. The van der Waals surface area contributed by atoms with Gasteiger partial charge in [-0.15, -0.1) is 0 Å². The second-order valence-corrected chi connectivity index (χ2v) is 6.80. The van der Waals surface area contributed by atoms with E-state index >= 15 is 0 Å². The summed E-state index contributed by atoms with van der Waals surface area (Å²) < 4.78 is 0. The lowest BCUT2D eigenvalue weighted by Gasteiger charge is -2.34. The van der Waals surface area contributed by atoms with Gasteiger partial charge in [-0.2, -0.15) is 0 Å². The Morgan fingerprint density at radius 2 is 1.59 bits per heavy atom. The summed E-state index contributed by atoms with van der Waals surface area (Å²) in [7, 11) is 0. The molecule has 0 unspecified atom stereocenters. The van der Waals surface area contributed by atoms with Gasteiger partial charge >= 0.3 is 0 Å². The van der Waals surface area contributed by atoms with E-state index in [-0.39, 0.29) is 11.6 Å². The summed E-state index contributed by atoms with van der Waals surface area (Å²) in [5.41, 5.74) is 4.29.